The topological polar surface area (TPSA) is 111 Å². The molecule has 0 bridgehead atoms. The van der Waals surface area contributed by atoms with Crippen molar-refractivity contribution in [3.8, 4) is 22.8 Å². The number of amidine groups is 1. The van der Waals surface area contributed by atoms with Crippen LogP contribution in [-0.4, -0.2) is 57.3 Å². The van der Waals surface area contributed by atoms with E-state index in [1.54, 1.807) is 47.4 Å². The maximum atomic E-state index is 13.0. The molecule has 0 unspecified atom stereocenters. The van der Waals surface area contributed by atoms with E-state index in [4.69, 9.17) is 9.47 Å². The summed E-state index contributed by atoms with van der Waals surface area (Å²) < 4.78 is 36.9. The van der Waals surface area contributed by atoms with Gasteiger partial charge in [0.05, 0.1) is 23.7 Å². The summed E-state index contributed by atoms with van der Waals surface area (Å²) in [6, 6.07) is 17.1. The van der Waals surface area contributed by atoms with Gasteiger partial charge in [-0.2, -0.15) is 4.99 Å². The number of anilines is 2. The van der Waals surface area contributed by atoms with E-state index in [0.717, 1.165) is 22.3 Å². The first-order valence-electron chi connectivity index (χ1n) is 13.8. The number of hydrogen-bond donors (Lipinski definition) is 1. The molecule has 1 aliphatic rings. The summed E-state index contributed by atoms with van der Waals surface area (Å²) in [4.78, 5) is 35.9. The van der Waals surface area contributed by atoms with Gasteiger partial charge in [-0.3, -0.25) is 9.69 Å². The molecule has 1 aromatic heterocycles. The van der Waals surface area contributed by atoms with E-state index in [1.807, 2.05) is 45.0 Å². The van der Waals surface area contributed by atoms with E-state index in [2.05, 4.69) is 20.4 Å². The highest BCUT2D eigenvalue weighted by Gasteiger charge is 2.32. The van der Waals surface area contributed by atoms with Crippen molar-refractivity contribution in [3.05, 3.63) is 83.7 Å². The maximum absolute atomic E-state index is 13.0. The maximum Gasteiger partial charge on any atom is 0.347 e. The average Bonchev–Trinajstić information content (AvgIpc) is 3.64. The Morgan fingerprint density at radius 3 is 2.64 bits per heavy atom. The highest BCUT2D eigenvalue weighted by molar-refractivity contribution is 8.15. The Morgan fingerprint density at radius 1 is 1.11 bits per heavy atom. The number of benzene rings is 3. The second-order valence-electron chi connectivity index (χ2n) is 9.85. The Kier molecular flexibility index (Phi) is 9.65. The van der Waals surface area contributed by atoms with Crippen LogP contribution in [0.1, 0.15) is 23.6 Å². The summed E-state index contributed by atoms with van der Waals surface area (Å²) >= 11 is 1.21. The van der Waals surface area contributed by atoms with E-state index in [0.29, 0.717) is 47.0 Å². The van der Waals surface area contributed by atoms with Crippen LogP contribution in [-0.2, 0) is 16.1 Å². The Bertz CT molecular complexity index is 1690. The second kappa shape index (κ2) is 13.8. The molecule has 1 N–H and O–H groups in total. The molecule has 5 rings (SSSR count). The number of hydrogen-bond acceptors (Lipinski definition) is 7. The summed E-state index contributed by atoms with van der Waals surface area (Å²) in [6.07, 6.45) is -0.999. The lowest BCUT2D eigenvalue weighted by Crippen LogP contribution is -2.31. The Hall–Kier alpha value is -4.62. The molecule has 3 amide bonds. The highest BCUT2D eigenvalue weighted by atomic mass is 32.2. The van der Waals surface area contributed by atoms with Crippen LogP contribution in [0, 0.1) is 13.8 Å². The standard InChI is InChI=1S/C31H30F2N6O4S/c1-4-42-15-22-6-5-19(2)13-26(22)39-28(40)17-44-31(39)36-30(41)35-25-12-7-21(14-20(25)3)29-34-18-38(37-29)23-8-10-24(11-9-23)43-16-27(32)33/h5-14,18,27H,4,15-17H2,1-3H3,(H,35,41)/b36-31-. The SMILES string of the molecule is CCOCc1ccc(C)cc1N1C(=O)CS/C1=N\C(=O)Nc1ccc(-c2ncn(-c3ccc(OCC(F)F)cc3)n2)cc1C. The number of aliphatic imine (C=N–C) groups is 1. The van der Waals surface area contributed by atoms with Gasteiger partial charge in [-0.1, -0.05) is 23.9 Å². The van der Waals surface area contributed by atoms with Crippen molar-refractivity contribution in [2.24, 2.45) is 4.99 Å². The summed E-state index contributed by atoms with van der Waals surface area (Å²) in [5.41, 5.74) is 5.18. The third-order valence-electron chi connectivity index (χ3n) is 6.60. The van der Waals surface area contributed by atoms with Crippen LogP contribution in [0.5, 0.6) is 5.75 Å². The third kappa shape index (κ3) is 7.29. The van der Waals surface area contributed by atoms with Crippen molar-refractivity contribution in [2.45, 2.75) is 33.8 Å². The molecule has 13 heteroatoms. The minimum Gasteiger partial charge on any atom is -0.488 e. The molecule has 1 saturated heterocycles. The number of urea groups is 1. The monoisotopic (exact) mass is 620 g/mol. The fraction of sp³-hybridized carbons (Fsp3) is 0.258. The molecule has 1 fully saturated rings. The smallest absolute Gasteiger partial charge is 0.347 e. The van der Waals surface area contributed by atoms with Crippen molar-refractivity contribution in [2.75, 3.05) is 29.2 Å². The molecule has 2 heterocycles. The number of rotatable bonds is 10. The van der Waals surface area contributed by atoms with Gasteiger partial charge in [-0.05, 0) is 80.4 Å². The molecule has 228 valence electrons. The van der Waals surface area contributed by atoms with Gasteiger partial charge in [0.25, 0.3) is 6.43 Å². The Labute approximate surface area is 257 Å². The fourth-order valence-electron chi connectivity index (χ4n) is 4.44. The van der Waals surface area contributed by atoms with Crippen molar-refractivity contribution in [1.82, 2.24) is 14.8 Å². The first-order valence-corrected chi connectivity index (χ1v) is 14.8. The molecule has 4 aromatic rings. The Balaban J connectivity index is 1.29. The predicted molar refractivity (Wildman–Crippen MR) is 166 cm³/mol. The van der Waals surface area contributed by atoms with Crippen LogP contribution in [0.15, 0.2) is 72.0 Å². The van der Waals surface area contributed by atoms with Crippen LogP contribution in [0.25, 0.3) is 17.1 Å². The Morgan fingerprint density at radius 2 is 1.91 bits per heavy atom. The summed E-state index contributed by atoms with van der Waals surface area (Å²) in [7, 11) is 0. The minimum atomic E-state index is -2.55. The first-order chi connectivity index (χ1) is 21.2. The van der Waals surface area contributed by atoms with Gasteiger partial charge in [-0.15, -0.1) is 5.10 Å². The number of nitrogens with one attached hydrogen (secondary N) is 1. The number of halogens is 2. The van der Waals surface area contributed by atoms with E-state index in [-0.39, 0.29) is 11.7 Å². The van der Waals surface area contributed by atoms with Crippen LogP contribution in [0.2, 0.25) is 0 Å². The molecule has 0 atom stereocenters. The molecule has 44 heavy (non-hydrogen) atoms. The van der Waals surface area contributed by atoms with Gasteiger partial charge in [0, 0.05) is 23.4 Å². The fourth-order valence-corrected chi connectivity index (χ4v) is 5.30. The number of carbonyl (C=O) groups is 2. The van der Waals surface area contributed by atoms with Crippen LogP contribution in [0.3, 0.4) is 0 Å². The van der Waals surface area contributed by atoms with Crippen molar-refractivity contribution < 1.29 is 27.8 Å². The minimum absolute atomic E-state index is 0.159. The average molecular weight is 621 g/mol. The number of aromatic nitrogens is 3. The number of amides is 3. The van der Waals surface area contributed by atoms with E-state index in [9.17, 15) is 18.4 Å². The molecule has 0 spiro atoms. The predicted octanol–water partition coefficient (Wildman–Crippen LogP) is 6.40. The quantitative estimate of drug-likeness (QED) is 0.218. The van der Waals surface area contributed by atoms with E-state index >= 15 is 0 Å². The second-order valence-corrected chi connectivity index (χ2v) is 10.8. The molecular weight excluding hydrogens is 590 g/mol. The van der Waals surface area contributed by atoms with Crippen LogP contribution >= 0.6 is 11.8 Å². The number of aryl methyl sites for hydroxylation is 2. The van der Waals surface area contributed by atoms with Crippen molar-refractivity contribution in [1.29, 1.82) is 0 Å². The van der Waals surface area contributed by atoms with E-state index in [1.165, 1.54) is 16.7 Å². The summed E-state index contributed by atoms with van der Waals surface area (Å²) in [5.74, 6) is 0.813. The molecule has 0 saturated carbocycles. The van der Waals surface area contributed by atoms with Crippen molar-refractivity contribution in [3.63, 3.8) is 0 Å². The van der Waals surface area contributed by atoms with Crippen LogP contribution in [0.4, 0.5) is 25.0 Å². The van der Waals surface area contributed by atoms with Gasteiger partial charge < -0.3 is 14.8 Å². The molecular formula is C31H30F2N6O4S. The zero-order valence-corrected chi connectivity index (χ0v) is 25.1. The lowest BCUT2D eigenvalue weighted by molar-refractivity contribution is -0.115. The van der Waals surface area contributed by atoms with Gasteiger partial charge in [0.2, 0.25) is 5.91 Å². The molecule has 3 aromatic carbocycles. The molecule has 10 nitrogen and oxygen atoms in total. The van der Waals surface area contributed by atoms with Gasteiger partial charge in [0.15, 0.2) is 11.0 Å². The number of ether oxygens (including phenoxy) is 2. The largest absolute Gasteiger partial charge is 0.488 e. The van der Waals surface area contributed by atoms with Crippen LogP contribution < -0.4 is 15.0 Å². The normalized spacial score (nSPS) is 14.1. The van der Waals surface area contributed by atoms with Gasteiger partial charge >= 0.3 is 6.03 Å². The summed E-state index contributed by atoms with van der Waals surface area (Å²) in [5, 5.41) is 7.63. The zero-order chi connectivity index (χ0) is 31.2. The zero-order valence-electron chi connectivity index (χ0n) is 24.3. The van der Waals surface area contributed by atoms with Gasteiger partial charge in [0.1, 0.15) is 18.7 Å². The number of carbonyl (C=O) groups excluding carboxylic acids is 2. The number of nitrogens with zero attached hydrogens (tertiary/aromatic N) is 5. The molecule has 1 aliphatic heterocycles. The first kappa shape index (κ1) is 30.8. The molecule has 0 radical (unpaired) electrons. The number of alkyl halides is 2. The van der Waals surface area contributed by atoms with Crippen molar-refractivity contribution >= 4 is 40.2 Å². The third-order valence-corrected chi connectivity index (χ3v) is 7.52. The highest BCUT2D eigenvalue weighted by Crippen LogP contribution is 2.31. The molecule has 0 aliphatic carbocycles. The van der Waals surface area contributed by atoms with Gasteiger partial charge in [-0.25, -0.2) is 23.2 Å². The number of thioether (sulfide) groups is 1. The van der Waals surface area contributed by atoms with E-state index < -0.39 is 19.1 Å². The lowest BCUT2D eigenvalue weighted by atomic mass is 10.1. The summed E-state index contributed by atoms with van der Waals surface area (Å²) in [6.45, 7) is 5.88. The lowest BCUT2D eigenvalue weighted by Gasteiger charge is -2.20.